The molecule has 0 bridgehead atoms. The number of unbranched alkanes of at least 4 members (excludes halogenated alkanes) is 30. The predicted octanol–water partition coefficient (Wildman–Crippen LogP) is 15.7. The molecule has 18 nitrogen and oxygen atoms in total. The minimum absolute atomic E-state index is 0.160. The van der Waals surface area contributed by atoms with E-state index in [0.29, 0.717) is 25.7 Å². The van der Waals surface area contributed by atoms with Crippen LogP contribution in [0.3, 0.4) is 0 Å². The molecular weight excluding hydrogens is 1150 g/mol. The smallest absolute Gasteiger partial charge is 0.388 e. The molecular formula is C67H128N2O16P2. The van der Waals surface area contributed by atoms with E-state index in [1.165, 1.54) is 83.5 Å². The van der Waals surface area contributed by atoms with Crippen LogP contribution in [0.25, 0.3) is 0 Å². The van der Waals surface area contributed by atoms with Gasteiger partial charge >= 0.3 is 15.4 Å². The van der Waals surface area contributed by atoms with Crippen molar-refractivity contribution in [1.82, 2.24) is 10.6 Å². The predicted molar refractivity (Wildman–Crippen MR) is 347 cm³/mol. The molecule has 87 heavy (non-hydrogen) atoms. The van der Waals surface area contributed by atoms with Gasteiger partial charge in [-0.3, -0.25) is 28.0 Å². The number of hydrogen-bond acceptors (Lipinski definition) is 13. The number of aliphatic hydroxyl groups is 1. The van der Waals surface area contributed by atoms with E-state index in [2.05, 4.69) is 57.4 Å². The van der Waals surface area contributed by atoms with Gasteiger partial charge in [0.25, 0.3) is 0 Å². The summed E-state index contributed by atoms with van der Waals surface area (Å²) >= 11 is 0. The maximum absolute atomic E-state index is 14.1. The number of phosphoric acid groups is 1. The third-order valence-corrected chi connectivity index (χ3v) is 18.1. The molecule has 0 aromatic carbocycles. The third kappa shape index (κ3) is 40.2. The molecule has 0 aromatic rings. The second-order valence-corrected chi connectivity index (χ2v) is 28.4. The summed E-state index contributed by atoms with van der Waals surface area (Å²) in [5.74, 6) is -1.00. The minimum Gasteiger partial charge on any atom is -0.388 e. The molecule has 0 spiro atoms. The number of amides is 2. The lowest BCUT2D eigenvalue weighted by Crippen LogP contribution is -2.67. The fraction of sp³-hybridized carbons (Fsp3) is 0.925. The lowest BCUT2D eigenvalue weighted by molar-refractivity contribution is -0.297. The summed E-state index contributed by atoms with van der Waals surface area (Å²) in [6, 6.07) is -2.51. The van der Waals surface area contributed by atoms with Crippen molar-refractivity contribution in [2.75, 3.05) is 26.5 Å². The highest BCUT2D eigenvalue weighted by Crippen LogP contribution is 2.44. The van der Waals surface area contributed by atoms with Crippen LogP contribution in [0.1, 0.15) is 305 Å². The van der Waals surface area contributed by atoms with Crippen molar-refractivity contribution in [3.63, 3.8) is 0 Å². The molecule has 512 valence electrons. The Balaban J connectivity index is 2.40. The van der Waals surface area contributed by atoms with E-state index < -0.39 is 95.6 Å². The molecule has 2 rings (SSSR count). The van der Waals surface area contributed by atoms with Gasteiger partial charge in [-0.15, -0.1) is 0 Å². The molecule has 2 fully saturated rings. The number of ketones is 1. The van der Waals surface area contributed by atoms with Crippen molar-refractivity contribution < 1.29 is 76.0 Å². The van der Waals surface area contributed by atoms with Gasteiger partial charge in [-0.1, -0.05) is 240 Å². The first-order valence-electron chi connectivity index (χ1n) is 35.2. The Bertz CT molecular complexity index is 1860. The summed E-state index contributed by atoms with van der Waals surface area (Å²) in [6.07, 6.45) is 33.5. The zero-order valence-corrected chi connectivity index (χ0v) is 57.5. The van der Waals surface area contributed by atoms with Crippen molar-refractivity contribution in [3.05, 3.63) is 12.2 Å². The number of hydrogen-bond donors (Lipinski definition) is 6. The molecule has 2 aliphatic heterocycles. The number of Topliss-reactive ketones (excluding diaryl/α,β-unsaturated/α-hetero) is 1. The van der Waals surface area contributed by atoms with Crippen LogP contribution in [-0.2, 0) is 56.2 Å². The van der Waals surface area contributed by atoms with E-state index in [4.69, 9.17) is 32.7 Å². The molecule has 12 atom stereocenters. The van der Waals surface area contributed by atoms with Crippen LogP contribution in [0, 0.1) is 5.92 Å². The Labute approximate surface area is 528 Å². The first kappa shape index (κ1) is 81.5. The highest BCUT2D eigenvalue weighted by atomic mass is 31.2. The highest BCUT2D eigenvalue weighted by Gasteiger charge is 2.53. The quantitative estimate of drug-likeness (QED) is 0.0143. The van der Waals surface area contributed by atoms with Gasteiger partial charge in [-0.05, 0) is 63.7 Å². The Kier molecular flexibility index (Phi) is 47.6. The van der Waals surface area contributed by atoms with E-state index in [1.54, 1.807) is 6.92 Å². The van der Waals surface area contributed by atoms with Gasteiger partial charge in [-0.25, -0.2) is 4.57 Å². The second-order valence-electron chi connectivity index (χ2n) is 25.3. The summed E-state index contributed by atoms with van der Waals surface area (Å²) in [6.45, 7) is 13.6. The van der Waals surface area contributed by atoms with Gasteiger partial charge < -0.3 is 54.1 Å². The van der Waals surface area contributed by atoms with Crippen LogP contribution in [-0.4, -0.2) is 125 Å². The van der Waals surface area contributed by atoms with Gasteiger partial charge in [0.15, 0.2) is 12.6 Å². The third-order valence-electron chi connectivity index (χ3n) is 17.0. The molecule has 0 radical (unpaired) electrons. The summed E-state index contributed by atoms with van der Waals surface area (Å²) in [4.78, 5) is 72.3. The average Bonchev–Trinajstić information content (AvgIpc) is 1.08. The number of phosphoric ester groups is 1. The van der Waals surface area contributed by atoms with E-state index in [9.17, 15) is 43.3 Å². The first-order chi connectivity index (χ1) is 41.9. The lowest BCUT2D eigenvalue weighted by Gasteiger charge is -2.47. The molecule has 0 aromatic heterocycles. The monoisotopic (exact) mass is 1280 g/mol. The van der Waals surface area contributed by atoms with Crippen LogP contribution in [0.15, 0.2) is 12.2 Å². The Hall–Kier alpha value is -1.63. The van der Waals surface area contributed by atoms with Crippen LogP contribution in [0.2, 0.25) is 0 Å². The molecule has 0 saturated carbocycles. The van der Waals surface area contributed by atoms with Crippen molar-refractivity contribution in [2.24, 2.45) is 5.92 Å². The van der Waals surface area contributed by atoms with E-state index in [1.807, 2.05) is 0 Å². The molecule has 20 heteroatoms. The first-order valence-corrected chi connectivity index (χ1v) is 38.7. The topological polar surface area (TPSA) is 255 Å². The largest absolute Gasteiger partial charge is 0.470 e. The molecule has 2 amide bonds. The van der Waals surface area contributed by atoms with Gasteiger partial charge in [0, 0.05) is 32.7 Å². The van der Waals surface area contributed by atoms with E-state index in [0.717, 1.165) is 135 Å². The molecule has 2 heterocycles. The van der Waals surface area contributed by atoms with Gasteiger partial charge in [0.1, 0.15) is 48.4 Å². The van der Waals surface area contributed by atoms with Crippen LogP contribution < -0.4 is 10.6 Å². The van der Waals surface area contributed by atoms with Crippen LogP contribution >= 0.6 is 15.4 Å². The van der Waals surface area contributed by atoms with Gasteiger partial charge in [0.05, 0.1) is 19.1 Å². The Morgan fingerprint density at radius 1 is 0.494 bits per heavy atom. The van der Waals surface area contributed by atoms with Crippen LogP contribution in [0.5, 0.6) is 0 Å². The van der Waals surface area contributed by atoms with Gasteiger partial charge in [-0.2, -0.15) is 0 Å². The summed E-state index contributed by atoms with van der Waals surface area (Å²) in [5, 5.41) is 18.1. The SMILES string of the molecule is CCCCCC/C=C\CCCCCCCCCC(=O)NC1C(OCC2OC(OP(C)(=O)O)C(NC(=O)CC(=O)CCCCCCCCCCC)C(OCCCCCCCCCC)C2O)OC(CC)C(OP(=O)(O)O)C1OCCC(C)CCCCCCC. The number of aliphatic hydroxyl groups excluding tert-OH is 1. The normalized spacial score (nSPS) is 23.7. The fourth-order valence-corrected chi connectivity index (χ4v) is 12.9. The second kappa shape index (κ2) is 50.9. The number of nitrogens with one attached hydrogen (secondary N) is 2. The van der Waals surface area contributed by atoms with E-state index >= 15 is 0 Å². The molecule has 12 unspecified atom stereocenters. The number of allylic oxidation sites excluding steroid dienone is 2. The van der Waals surface area contributed by atoms with E-state index in [-0.39, 0.29) is 50.1 Å². The maximum atomic E-state index is 14.1. The van der Waals surface area contributed by atoms with Crippen molar-refractivity contribution >= 4 is 33.0 Å². The minimum atomic E-state index is -5.15. The summed E-state index contributed by atoms with van der Waals surface area (Å²) < 4.78 is 69.3. The lowest BCUT2D eigenvalue weighted by atomic mass is 9.94. The number of ether oxygens (including phenoxy) is 5. The molecule has 2 saturated heterocycles. The summed E-state index contributed by atoms with van der Waals surface area (Å²) in [5.41, 5.74) is 0. The molecule has 0 aliphatic carbocycles. The number of carbonyl (C=O) groups excluding carboxylic acids is 3. The van der Waals surface area contributed by atoms with Crippen molar-refractivity contribution in [1.29, 1.82) is 0 Å². The highest BCUT2D eigenvalue weighted by molar-refractivity contribution is 7.51. The van der Waals surface area contributed by atoms with Gasteiger partial charge in [0.2, 0.25) is 11.8 Å². The van der Waals surface area contributed by atoms with Crippen molar-refractivity contribution in [2.45, 2.75) is 366 Å². The van der Waals surface area contributed by atoms with Crippen LogP contribution in [0.4, 0.5) is 0 Å². The molecule has 6 N–H and O–H groups in total. The fourth-order valence-electron chi connectivity index (χ4n) is 11.7. The maximum Gasteiger partial charge on any atom is 0.470 e. The number of rotatable bonds is 57. The standard InChI is InChI=1S/C67H128N2O16P2/c1-8-13-17-21-24-27-28-29-30-31-32-34-36-40-44-48-58(71)68-61-65(80-51-49-54(6)46-42-38-20-16-11-4)63(84-87(76,77)78)56(12-5)82-66(61)81-53-57-62(73)64(79-50-45-41-37-26-23-19-15-10-3)60(67(83-57)85-86(7,74)75)69-59(72)52-55(70)47-43-39-35-33-25-22-18-14-9-2/h27-28,54,56-57,60-67,73H,8-26,29-53H2,1-7H3,(H,68,71)(H,69,72)(H,74,75)(H2,76,77,78)/b28-27-. The summed E-state index contributed by atoms with van der Waals surface area (Å²) in [7, 11) is -9.51. The average molecular weight is 1280 g/mol. The molecule has 2 aliphatic rings. The Morgan fingerprint density at radius 3 is 1.47 bits per heavy atom. The zero-order chi connectivity index (χ0) is 64.0. The Morgan fingerprint density at radius 2 is 0.943 bits per heavy atom. The number of carbonyl (C=O) groups is 3. The zero-order valence-electron chi connectivity index (χ0n) is 55.7. The van der Waals surface area contributed by atoms with Crippen molar-refractivity contribution in [3.8, 4) is 0 Å².